The highest BCUT2D eigenvalue weighted by atomic mass is 16.1. The van der Waals surface area contributed by atoms with Crippen molar-refractivity contribution >= 4 is 5.78 Å². The number of rotatable bonds is 4. The van der Waals surface area contributed by atoms with Crippen molar-refractivity contribution in [2.45, 2.75) is 0 Å². The van der Waals surface area contributed by atoms with E-state index >= 15 is 0 Å². The van der Waals surface area contributed by atoms with E-state index in [9.17, 15) is 4.79 Å². The van der Waals surface area contributed by atoms with E-state index in [1.165, 1.54) is 0 Å². The molecule has 4 heterocycles. The van der Waals surface area contributed by atoms with Crippen LogP contribution in [-0.2, 0) is 0 Å². The van der Waals surface area contributed by atoms with E-state index in [0.29, 0.717) is 22.5 Å². The second-order valence-corrected chi connectivity index (χ2v) is 5.60. The molecule has 0 aliphatic heterocycles. The molecule has 0 bridgehead atoms. The molecule has 0 aromatic carbocycles. The van der Waals surface area contributed by atoms with E-state index in [0.717, 1.165) is 11.1 Å². The molecule has 0 saturated carbocycles. The first-order chi connectivity index (χ1) is 12.8. The van der Waals surface area contributed by atoms with Crippen LogP contribution in [0.5, 0.6) is 0 Å². The monoisotopic (exact) mass is 338 g/mol. The van der Waals surface area contributed by atoms with Gasteiger partial charge in [0.2, 0.25) is 0 Å². The van der Waals surface area contributed by atoms with Crippen molar-refractivity contribution in [3.05, 3.63) is 96.8 Å². The Kier molecular flexibility index (Phi) is 4.26. The van der Waals surface area contributed by atoms with Gasteiger partial charge in [0.15, 0.2) is 5.78 Å². The van der Waals surface area contributed by atoms with Gasteiger partial charge in [-0.25, -0.2) is 0 Å². The Balaban J connectivity index is 1.84. The van der Waals surface area contributed by atoms with Crippen LogP contribution in [0.1, 0.15) is 15.9 Å². The first-order valence-corrected chi connectivity index (χ1v) is 8.10. The molecular formula is C21H14N4O. The fraction of sp³-hybridized carbons (Fsp3) is 0. The zero-order valence-corrected chi connectivity index (χ0v) is 13.8. The SMILES string of the molecule is O=C(c1cccnc1-c1ccncc1)c1cccnc1-c1ccncc1. The molecule has 0 saturated heterocycles. The minimum atomic E-state index is -0.121. The second kappa shape index (κ2) is 7.03. The molecule has 4 aromatic rings. The predicted molar refractivity (Wildman–Crippen MR) is 98.4 cm³/mol. The van der Waals surface area contributed by atoms with Crippen molar-refractivity contribution in [3.63, 3.8) is 0 Å². The highest BCUT2D eigenvalue weighted by molar-refractivity contribution is 6.15. The third kappa shape index (κ3) is 2.98. The number of carbonyl (C=O) groups excluding carboxylic acids is 1. The summed E-state index contributed by atoms with van der Waals surface area (Å²) in [5.74, 6) is -0.121. The van der Waals surface area contributed by atoms with Crippen LogP contribution in [-0.4, -0.2) is 25.7 Å². The van der Waals surface area contributed by atoms with Gasteiger partial charge in [-0.05, 0) is 48.5 Å². The molecule has 0 spiro atoms. The summed E-state index contributed by atoms with van der Waals surface area (Å²) in [6.45, 7) is 0. The summed E-state index contributed by atoms with van der Waals surface area (Å²) in [5, 5.41) is 0. The van der Waals surface area contributed by atoms with Gasteiger partial charge in [-0.3, -0.25) is 24.7 Å². The van der Waals surface area contributed by atoms with E-state index in [1.807, 2.05) is 24.3 Å². The third-order valence-corrected chi connectivity index (χ3v) is 4.01. The minimum Gasteiger partial charge on any atom is -0.288 e. The number of aromatic nitrogens is 4. The van der Waals surface area contributed by atoms with Crippen molar-refractivity contribution in [1.29, 1.82) is 0 Å². The zero-order chi connectivity index (χ0) is 17.8. The fourth-order valence-electron chi connectivity index (χ4n) is 2.80. The van der Waals surface area contributed by atoms with Gasteiger partial charge < -0.3 is 0 Å². The van der Waals surface area contributed by atoms with Gasteiger partial charge in [0, 0.05) is 59.4 Å². The number of hydrogen-bond donors (Lipinski definition) is 0. The Morgan fingerprint density at radius 3 is 1.42 bits per heavy atom. The van der Waals surface area contributed by atoms with Gasteiger partial charge >= 0.3 is 0 Å². The number of pyridine rings is 4. The molecule has 0 aliphatic carbocycles. The quantitative estimate of drug-likeness (QED) is 0.529. The maximum atomic E-state index is 13.3. The minimum absolute atomic E-state index is 0.121. The Labute approximate surface area is 150 Å². The summed E-state index contributed by atoms with van der Waals surface area (Å²) in [5.41, 5.74) is 4.01. The van der Waals surface area contributed by atoms with Crippen LogP contribution in [0.3, 0.4) is 0 Å². The summed E-state index contributed by atoms with van der Waals surface area (Å²) in [6, 6.07) is 14.5. The molecule has 0 radical (unpaired) electrons. The van der Waals surface area contributed by atoms with E-state index in [4.69, 9.17) is 0 Å². The Morgan fingerprint density at radius 2 is 1.00 bits per heavy atom. The molecule has 0 atom stereocenters. The average Bonchev–Trinajstić information content (AvgIpc) is 2.74. The van der Waals surface area contributed by atoms with Gasteiger partial charge in [-0.1, -0.05) is 0 Å². The van der Waals surface area contributed by atoms with Crippen molar-refractivity contribution < 1.29 is 4.79 Å². The maximum absolute atomic E-state index is 13.3. The molecule has 124 valence electrons. The van der Waals surface area contributed by atoms with Crippen LogP contribution in [0.25, 0.3) is 22.5 Å². The van der Waals surface area contributed by atoms with Gasteiger partial charge in [-0.2, -0.15) is 0 Å². The maximum Gasteiger partial charge on any atom is 0.197 e. The van der Waals surface area contributed by atoms with Crippen LogP contribution in [0.2, 0.25) is 0 Å². The summed E-state index contributed by atoms with van der Waals surface area (Å²) in [7, 11) is 0. The molecule has 0 aliphatic rings. The van der Waals surface area contributed by atoms with Crippen molar-refractivity contribution in [1.82, 2.24) is 19.9 Å². The van der Waals surface area contributed by atoms with E-state index in [1.54, 1.807) is 61.4 Å². The fourth-order valence-corrected chi connectivity index (χ4v) is 2.80. The second-order valence-electron chi connectivity index (χ2n) is 5.60. The number of hydrogen-bond acceptors (Lipinski definition) is 5. The summed E-state index contributed by atoms with van der Waals surface area (Å²) >= 11 is 0. The van der Waals surface area contributed by atoms with Crippen molar-refractivity contribution in [2.75, 3.05) is 0 Å². The van der Waals surface area contributed by atoms with Gasteiger partial charge in [0.25, 0.3) is 0 Å². The van der Waals surface area contributed by atoms with Gasteiger partial charge in [0.05, 0.1) is 11.4 Å². The highest BCUT2D eigenvalue weighted by Crippen LogP contribution is 2.27. The van der Waals surface area contributed by atoms with Gasteiger partial charge in [-0.15, -0.1) is 0 Å². The van der Waals surface area contributed by atoms with Crippen LogP contribution in [0.4, 0.5) is 0 Å². The first-order valence-electron chi connectivity index (χ1n) is 8.10. The summed E-state index contributed by atoms with van der Waals surface area (Å²) < 4.78 is 0. The Bertz CT molecular complexity index is 965. The molecule has 0 unspecified atom stereocenters. The summed E-state index contributed by atoms with van der Waals surface area (Å²) in [6.07, 6.45) is 10.1. The molecule has 5 heteroatoms. The van der Waals surface area contributed by atoms with Crippen molar-refractivity contribution in [3.8, 4) is 22.5 Å². The first kappa shape index (κ1) is 15.8. The predicted octanol–water partition coefficient (Wildman–Crippen LogP) is 3.83. The highest BCUT2D eigenvalue weighted by Gasteiger charge is 2.19. The largest absolute Gasteiger partial charge is 0.288 e. The number of nitrogens with zero attached hydrogens (tertiary/aromatic N) is 4. The van der Waals surface area contributed by atoms with Gasteiger partial charge in [0.1, 0.15) is 0 Å². The standard InChI is InChI=1S/C21H14N4O/c26-21(17-3-1-9-24-19(17)15-5-11-22-12-6-15)18-4-2-10-25-20(18)16-7-13-23-14-8-16/h1-14H. The smallest absolute Gasteiger partial charge is 0.197 e. The lowest BCUT2D eigenvalue weighted by Crippen LogP contribution is -2.07. The molecule has 4 aromatic heterocycles. The van der Waals surface area contributed by atoms with Crippen LogP contribution < -0.4 is 0 Å². The van der Waals surface area contributed by atoms with E-state index in [-0.39, 0.29) is 5.78 Å². The van der Waals surface area contributed by atoms with Crippen LogP contribution >= 0.6 is 0 Å². The summed E-state index contributed by atoms with van der Waals surface area (Å²) in [4.78, 5) is 30.2. The van der Waals surface area contributed by atoms with E-state index < -0.39 is 0 Å². The molecule has 26 heavy (non-hydrogen) atoms. The van der Waals surface area contributed by atoms with Crippen molar-refractivity contribution in [2.24, 2.45) is 0 Å². The van der Waals surface area contributed by atoms with Crippen LogP contribution in [0, 0.1) is 0 Å². The number of carbonyl (C=O) groups is 1. The molecular weight excluding hydrogens is 324 g/mol. The molecule has 0 amide bonds. The number of ketones is 1. The molecule has 5 nitrogen and oxygen atoms in total. The lowest BCUT2D eigenvalue weighted by atomic mass is 9.96. The molecule has 4 rings (SSSR count). The molecule has 0 fully saturated rings. The zero-order valence-electron chi connectivity index (χ0n) is 13.8. The Hall–Kier alpha value is -3.73. The lowest BCUT2D eigenvalue weighted by Gasteiger charge is -2.11. The topological polar surface area (TPSA) is 68.6 Å². The van der Waals surface area contributed by atoms with E-state index in [2.05, 4.69) is 19.9 Å². The Morgan fingerprint density at radius 1 is 0.577 bits per heavy atom. The normalized spacial score (nSPS) is 10.5. The lowest BCUT2D eigenvalue weighted by molar-refractivity contribution is 0.103. The van der Waals surface area contributed by atoms with Crippen LogP contribution in [0.15, 0.2) is 85.7 Å². The average molecular weight is 338 g/mol. The third-order valence-electron chi connectivity index (χ3n) is 4.01. The molecule has 0 N–H and O–H groups in total.